The van der Waals surface area contributed by atoms with Crippen LogP contribution in [-0.4, -0.2) is 9.52 Å². The largest absolute Gasteiger partial charge is 4.00 e. The van der Waals surface area contributed by atoms with E-state index < -0.39 is 0 Å². The van der Waals surface area contributed by atoms with Crippen molar-refractivity contribution in [3.8, 4) is 0 Å². The quantitative estimate of drug-likeness (QED) is 0.226. The van der Waals surface area contributed by atoms with E-state index in [-0.39, 0.29) is 36.6 Å². The first-order chi connectivity index (χ1) is 12.1. The molecule has 0 aliphatic rings. The monoisotopic (exact) mass is 422 g/mol. The van der Waals surface area contributed by atoms with Gasteiger partial charge in [0, 0.05) is 9.52 Å². The molecule has 0 unspecified atom stereocenters. The van der Waals surface area contributed by atoms with Gasteiger partial charge in [-0.05, 0) is 0 Å². The minimum atomic E-state index is 0. The van der Waals surface area contributed by atoms with Gasteiger partial charge in [0.15, 0.2) is 0 Å². The molecule has 0 aliphatic carbocycles. The van der Waals surface area contributed by atoms with Crippen LogP contribution in [-0.2, 0) is 21.7 Å². The minimum Gasteiger partial charge on any atom is -0.358 e. The summed E-state index contributed by atoms with van der Waals surface area (Å²) in [6.07, 6.45) is 0. The van der Waals surface area contributed by atoms with Gasteiger partial charge < -0.3 is 14.9 Å². The van der Waals surface area contributed by atoms with Crippen LogP contribution >= 0.6 is 0 Å². The predicted molar refractivity (Wildman–Crippen MR) is 128 cm³/mol. The van der Waals surface area contributed by atoms with E-state index in [1.165, 1.54) is 54.3 Å². The molecule has 0 aromatic heterocycles. The average molecular weight is 423 g/mol. The summed E-state index contributed by atoms with van der Waals surface area (Å²) in [5.74, 6) is 0. The maximum atomic E-state index is 2.22. The molecular formula is C26H34SiTi. The summed E-state index contributed by atoms with van der Waals surface area (Å²) in [5.41, 5.74) is 2.70. The molecule has 0 aliphatic heterocycles. The molecular weight excluding hydrogens is 388 g/mol. The summed E-state index contributed by atoms with van der Waals surface area (Å²) < 4.78 is 0. The van der Waals surface area contributed by atoms with Gasteiger partial charge >= 0.3 is 21.7 Å². The molecule has 0 heterocycles. The SMILES string of the molecule is CC[Si]CC.Cc1cc2ccccc2[cH-]1.Cc1cc2ccccc2[cH-]1.[CH3-].[CH3-].[Ti+4]. The first-order valence-electron chi connectivity index (χ1n) is 9.09. The molecule has 4 rings (SSSR count). The Morgan fingerprint density at radius 3 is 1.32 bits per heavy atom. The molecule has 0 nitrogen and oxygen atoms in total. The molecule has 0 amide bonds. The number of fused-ring (bicyclic) bond motifs is 2. The van der Waals surface area contributed by atoms with E-state index in [0.717, 1.165) is 0 Å². The fourth-order valence-electron chi connectivity index (χ4n) is 2.86. The van der Waals surface area contributed by atoms with Crippen LogP contribution in [0.3, 0.4) is 0 Å². The Bertz CT molecular complexity index is 745. The van der Waals surface area contributed by atoms with E-state index in [1.54, 1.807) is 0 Å². The van der Waals surface area contributed by atoms with Crippen LogP contribution in [0, 0.1) is 28.7 Å². The van der Waals surface area contributed by atoms with E-state index in [0.29, 0.717) is 0 Å². The zero-order valence-electron chi connectivity index (χ0n) is 18.3. The normalized spacial score (nSPS) is 9.00. The molecule has 0 fully saturated rings. The van der Waals surface area contributed by atoms with Gasteiger partial charge in [0.1, 0.15) is 0 Å². The fourth-order valence-corrected chi connectivity index (χ4v) is 3.36. The molecule has 0 atom stereocenters. The molecule has 0 saturated heterocycles. The van der Waals surface area contributed by atoms with Gasteiger partial charge in [-0.15, -0.1) is 81.2 Å². The van der Waals surface area contributed by atoms with E-state index >= 15 is 0 Å². The maximum absolute atomic E-state index is 2.22. The van der Waals surface area contributed by atoms with E-state index in [1.807, 2.05) is 0 Å². The number of hydrogen-bond acceptors (Lipinski definition) is 0. The zero-order chi connectivity index (χ0) is 18.1. The van der Waals surface area contributed by atoms with Gasteiger partial charge in [-0.1, -0.05) is 51.9 Å². The Labute approximate surface area is 190 Å². The molecule has 0 bridgehead atoms. The zero-order valence-corrected chi connectivity index (χ0v) is 20.9. The van der Waals surface area contributed by atoms with Gasteiger partial charge in [-0.25, -0.2) is 0 Å². The first kappa shape index (κ1) is 28.8. The summed E-state index contributed by atoms with van der Waals surface area (Å²) in [7, 11) is 1.20. The standard InChI is InChI=1S/2C10H9.C4H10Si.2CH3.Ti/c2*1-8-6-9-4-2-3-5-10(9)7-8;1-3-5-4-2;;;/h2*2-7H,1H3;3-4H2,1-2H3;2*1H3;/q2*-1;;2*-1;+4. The van der Waals surface area contributed by atoms with Gasteiger partial charge in [0.2, 0.25) is 0 Å². The van der Waals surface area contributed by atoms with Crippen LogP contribution in [0.25, 0.3) is 21.5 Å². The molecule has 2 heteroatoms. The molecule has 28 heavy (non-hydrogen) atoms. The second-order valence-corrected chi connectivity index (χ2v) is 8.19. The Balaban J connectivity index is 0. The summed E-state index contributed by atoms with van der Waals surface area (Å²) in [5, 5.41) is 5.39. The van der Waals surface area contributed by atoms with Crippen molar-refractivity contribution < 1.29 is 21.7 Å². The molecule has 4 aromatic carbocycles. The molecule has 0 spiro atoms. The maximum Gasteiger partial charge on any atom is 4.00 e. The Hall–Kier alpha value is -1.41. The third-order valence-electron chi connectivity index (χ3n) is 4.02. The number of hydrogen-bond donors (Lipinski definition) is 0. The van der Waals surface area contributed by atoms with Crippen molar-refractivity contribution in [2.75, 3.05) is 0 Å². The van der Waals surface area contributed by atoms with Crippen molar-refractivity contribution in [2.24, 2.45) is 0 Å². The number of aryl methyl sites for hydroxylation is 2. The van der Waals surface area contributed by atoms with Gasteiger partial charge in [0.25, 0.3) is 0 Å². The second kappa shape index (κ2) is 15.5. The van der Waals surface area contributed by atoms with Crippen molar-refractivity contribution in [1.82, 2.24) is 0 Å². The van der Waals surface area contributed by atoms with Gasteiger partial charge in [0.05, 0.1) is 0 Å². The Morgan fingerprint density at radius 2 is 1.04 bits per heavy atom. The predicted octanol–water partition coefficient (Wildman–Crippen LogP) is 8.20. The summed E-state index contributed by atoms with van der Waals surface area (Å²) >= 11 is 0. The first-order valence-corrected chi connectivity index (χ1v) is 10.5. The Kier molecular flexibility index (Phi) is 15.9. The molecule has 146 valence electrons. The van der Waals surface area contributed by atoms with Crippen LogP contribution in [0.5, 0.6) is 0 Å². The van der Waals surface area contributed by atoms with E-state index in [4.69, 9.17) is 0 Å². The third-order valence-corrected chi connectivity index (χ3v) is 5.02. The van der Waals surface area contributed by atoms with Gasteiger partial charge in [-0.2, -0.15) is 12.1 Å². The van der Waals surface area contributed by atoms with Crippen molar-refractivity contribution in [3.05, 3.63) is 98.8 Å². The summed E-state index contributed by atoms with van der Waals surface area (Å²) in [4.78, 5) is 0. The molecule has 0 N–H and O–H groups in total. The fraction of sp³-hybridized carbons (Fsp3) is 0.231. The van der Waals surface area contributed by atoms with Crippen LogP contribution in [0.15, 0.2) is 72.8 Å². The number of benzene rings is 2. The molecule has 0 saturated carbocycles. The average Bonchev–Trinajstić information content (AvgIpc) is 3.17. The van der Waals surface area contributed by atoms with Crippen LogP contribution in [0.2, 0.25) is 12.1 Å². The smallest absolute Gasteiger partial charge is 0.358 e. The third kappa shape index (κ3) is 9.19. The van der Waals surface area contributed by atoms with Crippen molar-refractivity contribution in [1.29, 1.82) is 0 Å². The van der Waals surface area contributed by atoms with Crippen LogP contribution in [0.1, 0.15) is 25.0 Å². The van der Waals surface area contributed by atoms with Crippen LogP contribution in [0.4, 0.5) is 0 Å². The van der Waals surface area contributed by atoms with E-state index in [9.17, 15) is 0 Å². The molecule has 2 radical (unpaired) electrons. The Morgan fingerprint density at radius 1 is 0.679 bits per heavy atom. The topological polar surface area (TPSA) is 0 Å². The summed E-state index contributed by atoms with van der Waals surface area (Å²) in [6, 6.07) is 28.4. The summed E-state index contributed by atoms with van der Waals surface area (Å²) in [6.45, 7) is 8.70. The van der Waals surface area contributed by atoms with Crippen LogP contribution < -0.4 is 0 Å². The van der Waals surface area contributed by atoms with Crippen molar-refractivity contribution in [2.45, 2.75) is 39.8 Å². The minimum absolute atomic E-state index is 0. The van der Waals surface area contributed by atoms with Gasteiger partial charge in [-0.3, -0.25) is 0 Å². The number of rotatable bonds is 2. The van der Waals surface area contributed by atoms with E-state index in [2.05, 4.69) is 100 Å². The van der Waals surface area contributed by atoms with Crippen molar-refractivity contribution in [3.63, 3.8) is 0 Å². The van der Waals surface area contributed by atoms with Crippen molar-refractivity contribution >= 4 is 31.1 Å². The second-order valence-electron chi connectivity index (χ2n) is 6.28. The molecule has 4 aromatic rings.